The van der Waals surface area contributed by atoms with E-state index in [0.29, 0.717) is 18.3 Å². The number of carbonyl (C=O) groups is 1. The van der Waals surface area contributed by atoms with Crippen molar-refractivity contribution in [3.05, 3.63) is 65.4 Å². The zero-order valence-corrected chi connectivity index (χ0v) is 16.1. The van der Waals surface area contributed by atoms with Crippen molar-refractivity contribution in [2.45, 2.75) is 44.1 Å². The first kappa shape index (κ1) is 18.0. The highest BCUT2D eigenvalue weighted by atomic mass is 16.5. The minimum absolute atomic E-state index is 0.429. The van der Waals surface area contributed by atoms with E-state index in [4.69, 9.17) is 5.10 Å². The first-order valence-electron chi connectivity index (χ1n) is 10.2. The first-order chi connectivity index (χ1) is 14.2. The summed E-state index contributed by atoms with van der Waals surface area (Å²) in [7, 11) is 0. The van der Waals surface area contributed by atoms with E-state index in [1.807, 2.05) is 41.9 Å². The second-order valence-electron chi connectivity index (χ2n) is 8.04. The predicted octanol–water partition coefficient (Wildman–Crippen LogP) is 3.96. The van der Waals surface area contributed by atoms with Crippen LogP contribution in [-0.2, 0) is 11.2 Å². The molecule has 0 aliphatic heterocycles. The lowest BCUT2D eigenvalue weighted by Crippen LogP contribution is -2.33. The van der Waals surface area contributed by atoms with Gasteiger partial charge >= 0.3 is 0 Å². The molecule has 5 heteroatoms. The van der Waals surface area contributed by atoms with Gasteiger partial charge in [-0.15, -0.1) is 0 Å². The van der Waals surface area contributed by atoms with Gasteiger partial charge in [0, 0.05) is 17.7 Å². The molecule has 2 aliphatic carbocycles. The summed E-state index contributed by atoms with van der Waals surface area (Å²) in [5.74, 6) is 7.15. The Bertz CT molecular complexity index is 1120. The van der Waals surface area contributed by atoms with E-state index in [1.165, 1.54) is 18.4 Å². The maximum atomic E-state index is 12.7. The van der Waals surface area contributed by atoms with Crippen LogP contribution in [0.2, 0.25) is 0 Å². The van der Waals surface area contributed by atoms with Crippen LogP contribution in [-0.4, -0.2) is 20.9 Å². The topological polar surface area (TPSA) is 67.2 Å². The monoisotopic (exact) mass is 385 g/mol. The molecule has 2 fully saturated rings. The highest BCUT2D eigenvalue weighted by Gasteiger charge is 2.30. The number of amides is 1. The molecular formula is C24H23N3O2. The van der Waals surface area contributed by atoms with Gasteiger partial charge in [0.2, 0.25) is 0 Å². The van der Waals surface area contributed by atoms with Crippen molar-refractivity contribution in [3.8, 4) is 11.8 Å². The Hall–Kier alpha value is -3.10. The van der Waals surface area contributed by atoms with E-state index in [0.717, 1.165) is 35.0 Å². The molecule has 2 aliphatic rings. The maximum absolute atomic E-state index is 12.7. The molecule has 2 N–H and O–H groups in total. The molecule has 5 nitrogen and oxygen atoms in total. The van der Waals surface area contributed by atoms with Crippen molar-refractivity contribution in [1.82, 2.24) is 15.3 Å². The summed E-state index contributed by atoms with van der Waals surface area (Å²) in [6.07, 6.45) is 5.06. The standard InChI is InChI=1S/C24H23N3O2/c28-24(26-29)22(15-17-5-2-1-3-6-17)27-21(14-11-16-9-10-16)20-8-4-7-19(18-12-13-18)23(20)25-27/h1-8,16,18,22,29H,9-10,12-13,15H2,(H,26,28). The lowest BCUT2D eigenvalue weighted by atomic mass is 10.0. The van der Waals surface area contributed by atoms with E-state index in [1.54, 1.807) is 4.68 Å². The van der Waals surface area contributed by atoms with Crippen LogP contribution >= 0.6 is 0 Å². The zero-order valence-electron chi connectivity index (χ0n) is 16.1. The molecule has 0 spiro atoms. The number of benzene rings is 2. The highest BCUT2D eigenvalue weighted by Crippen LogP contribution is 2.43. The quantitative estimate of drug-likeness (QED) is 0.397. The Morgan fingerprint density at radius 1 is 1.14 bits per heavy atom. The van der Waals surface area contributed by atoms with Gasteiger partial charge in [0.15, 0.2) is 0 Å². The summed E-state index contributed by atoms with van der Waals surface area (Å²) in [5.41, 5.74) is 5.77. The van der Waals surface area contributed by atoms with Crippen LogP contribution in [0, 0.1) is 17.8 Å². The normalized spacial score (nSPS) is 16.9. The average molecular weight is 385 g/mol. The fourth-order valence-electron chi connectivity index (χ4n) is 3.82. The number of nitrogens with one attached hydrogen (secondary N) is 1. The van der Waals surface area contributed by atoms with E-state index in [-0.39, 0.29) is 0 Å². The minimum Gasteiger partial charge on any atom is -0.289 e. The molecule has 3 aromatic rings. The summed E-state index contributed by atoms with van der Waals surface area (Å²) >= 11 is 0. The third kappa shape index (κ3) is 3.64. The van der Waals surface area contributed by atoms with Crippen LogP contribution in [0.5, 0.6) is 0 Å². The fraction of sp³-hybridized carbons (Fsp3) is 0.333. The predicted molar refractivity (Wildman–Crippen MR) is 110 cm³/mol. The molecule has 0 radical (unpaired) electrons. The van der Waals surface area contributed by atoms with Gasteiger partial charge in [-0.2, -0.15) is 5.10 Å². The van der Waals surface area contributed by atoms with Gasteiger partial charge in [0.1, 0.15) is 11.7 Å². The smallest absolute Gasteiger partial charge is 0.268 e. The molecule has 1 unspecified atom stereocenters. The third-order valence-corrected chi connectivity index (χ3v) is 5.73. The Morgan fingerprint density at radius 3 is 2.62 bits per heavy atom. The minimum atomic E-state index is -0.676. The first-order valence-corrected chi connectivity index (χ1v) is 10.2. The average Bonchev–Trinajstić information content (AvgIpc) is 3.68. The SMILES string of the molecule is O=C(NO)C(Cc1ccccc1)n1nc2c(C3CC3)cccc2c1C#CC1CC1. The van der Waals surface area contributed by atoms with Crippen LogP contribution in [0.3, 0.4) is 0 Å². The van der Waals surface area contributed by atoms with Crippen LogP contribution in [0.25, 0.3) is 10.9 Å². The van der Waals surface area contributed by atoms with Gasteiger partial charge in [-0.05, 0) is 54.7 Å². The number of hydrogen-bond acceptors (Lipinski definition) is 3. The number of hydroxylamine groups is 1. The summed E-state index contributed by atoms with van der Waals surface area (Å²) < 4.78 is 1.73. The number of nitrogens with zero attached hydrogens (tertiary/aromatic N) is 2. The van der Waals surface area contributed by atoms with Crippen molar-refractivity contribution in [2.75, 3.05) is 0 Å². The molecule has 5 rings (SSSR count). The van der Waals surface area contributed by atoms with Gasteiger partial charge < -0.3 is 0 Å². The molecule has 29 heavy (non-hydrogen) atoms. The molecule has 2 aromatic carbocycles. The summed E-state index contributed by atoms with van der Waals surface area (Å²) in [6, 6.07) is 15.3. The fourth-order valence-corrected chi connectivity index (χ4v) is 3.82. The van der Waals surface area contributed by atoms with Crippen molar-refractivity contribution < 1.29 is 10.0 Å². The Balaban J connectivity index is 1.66. The zero-order chi connectivity index (χ0) is 19.8. The third-order valence-electron chi connectivity index (χ3n) is 5.73. The number of fused-ring (bicyclic) bond motifs is 1. The number of rotatable bonds is 5. The number of hydrogen-bond donors (Lipinski definition) is 2. The largest absolute Gasteiger partial charge is 0.289 e. The lowest BCUT2D eigenvalue weighted by Gasteiger charge is -2.17. The molecule has 1 heterocycles. The lowest BCUT2D eigenvalue weighted by molar-refractivity contribution is -0.132. The number of aromatic nitrogens is 2. The van der Waals surface area contributed by atoms with E-state index >= 15 is 0 Å². The molecule has 1 aromatic heterocycles. The maximum Gasteiger partial charge on any atom is 0.268 e. The van der Waals surface area contributed by atoms with Gasteiger partial charge in [-0.25, -0.2) is 10.2 Å². The second-order valence-corrected chi connectivity index (χ2v) is 8.04. The Kier molecular flexibility index (Phi) is 4.57. The molecular weight excluding hydrogens is 362 g/mol. The molecule has 1 amide bonds. The summed E-state index contributed by atoms with van der Waals surface area (Å²) in [5, 5.41) is 15.3. The Morgan fingerprint density at radius 2 is 1.93 bits per heavy atom. The summed E-state index contributed by atoms with van der Waals surface area (Å²) in [6.45, 7) is 0. The van der Waals surface area contributed by atoms with Crippen LogP contribution in [0.15, 0.2) is 48.5 Å². The van der Waals surface area contributed by atoms with Crippen molar-refractivity contribution in [1.29, 1.82) is 0 Å². The van der Waals surface area contributed by atoms with Gasteiger partial charge in [-0.1, -0.05) is 48.4 Å². The van der Waals surface area contributed by atoms with Crippen molar-refractivity contribution >= 4 is 16.8 Å². The number of carbonyl (C=O) groups excluding carboxylic acids is 1. The molecule has 2 saturated carbocycles. The van der Waals surface area contributed by atoms with Crippen LogP contribution < -0.4 is 5.48 Å². The molecule has 146 valence electrons. The van der Waals surface area contributed by atoms with E-state index < -0.39 is 11.9 Å². The van der Waals surface area contributed by atoms with Crippen LogP contribution in [0.1, 0.15) is 54.5 Å². The molecule has 0 saturated heterocycles. The Labute approximate surface area is 169 Å². The molecule has 0 bridgehead atoms. The van der Waals surface area contributed by atoms with Crippen molar-refractivity contribution in [2.24, 2.45) is 5.92 Å². The van der Waals surface area contributed by atoms with E-state index in [2.05, 4.69) is 24.0 Å². The molecule has 1 atom stereocenters. The highest BCUT2D eigenvalue weighted by molar-refractivity contribution is 5.89. The van der Waals surface area contributed by atoms with Crippen LogP contribution in [0.4, 0.5) is 0 Å². The van der Waals surface area contributed by atoms with Gasteiger partial charge in [-0.3, -0.25) is 10.0 Å². The van der Waals surface area contributed by atoms with Crippen molar-refractivity contribution in [3.63, 3.8) is 0 Å². The van der Waals surface area contributed by atoms with E-state index in [9.17, 15) is 10.0 Å². The summed E-state index contributed by atoms with van der Waals surface area (Å²) in [4.78, 5) is 12.7. The van der Waals surface area contributed by atoms with Gasteiger partial charge in [0.05, 0.1) is 5.52 Å². The van der Waals surface area contributed by atoms with Gasteiger partial charge in [0.25, 0.3) is 5.91 Å². The second kappa shape index (κ2) is 7.38.